The average molecular weight is 470 g/mol. The first-order valence-electron chi connectivity index (χ1n) is 10.2. The van der Waals surface area contributed by atoms with Crippen LogP contribution in [0, 0.1) is 5.82 Å². The topological polar surface area (TPSA) is 91.8 Å². The zero-order chi connectivity index (χ0) is 23.4. The second-order valence-corrected chi connectivity index (χ2v) is 7.96. The molecule has 170 valence electrons. The summed E-state index contributed by atoms with van der Waals surface area (Å²) >= 11 is 5.84. The van der Waals surface area contributed by atoms with E-state index in [2.05, 4.69) is 10.3 Å². The highest BCUT2D eigenvalue weighted by Crippen LogP contribution is 2.31. The van der Waals surface area contributed by atoms with Crippen LogP contribution in [0.1, 0.15) is 27.6 Å². The van der Waals surface area contributed by atoms with E-state index in [1.807, 2.05) is 0 Å². The van der Waals surface area contributed by atoms with E-state index in [1.54, 1.807) is 47.4 Å². The molecule has 2 amide bonds. The predicted octanol–water partition coefficient (Wildman–Crippen LogP) is 3.59. The van der Waals surface area contributed by atoms with Gasteiger partial charge in [0.2, 0.25) is 5.91 Å². The third kappa shape index (κ3) is 5.36. The molecule has 1 aromatic heterocycles. The summed E-state index contributed by atoms with van der Waals surface area (Å²) in [4.78, 5) is 30.3. The monoisotopic (exact) mass is 469 g/mol. The van der Waals surface area contributed by atoms with Crippen LogP contribution in [0.25, 0.3) is 0 Å². The molecule has 3 aromatic rings. The Kier molecular flexibility index (Phi) is 6.98. The van der Waals surface area contributed by atoms with Crippen molar-refractivity contribution in [3.8, 4) is 0 Å². The number of anilines is 1. The maximum absolute atomic E-state index is 13.2. The van der Waals surface area contributed by atoms with E-state index in [1.165, 1.54) is 24.4 Å². The maximum atomic E-state index is 13.2. The minimum Gasteiger partial charge on any atom is -0.394 e. The smallest absolute Gasteiger partial charge is 0.255 e. The van der Waals surface area contributed by atoms with Gasteiger partial charge in [0.15, 0.2) is 0 Å². The summed E-state index contributed by atoms with van der Waals surface area (Å²) in [6.45, 7) is -0.213. The van der Waals surface area contributed by atoms with Crippen molar-refractivity contribution in [2.75, 3.05) is 18.5 Å². The van der Waals surface area contributed by atoms with Gasteiger partial charge in [-0.1, -0.05) is 35.9 Å². The molecule has 2 heterocycles. The lowest BCUT2D eigenvalue weighted by atomic mass is 9.98. The number of aromatic nitrogens is 1. The first kappa shape index (κ1) is 22.8. The van der Waals surface area contributed by atoms with E-state index in [9.17, 15) is 19.1 Å². The number of nitrogens with one attached hydrogen (secondary N) is 1. The Labute approximate surface area is 194 Å². The predicted molar refractivity (Wildman–Crippen MR) is 120 cm³/mol. The largest absolute Gasteiger partial charge is 0.394 e. The highest BCUT2D eigenvalue weighted by molar-refractivity contribution is 6.29. The van der Waals surface area contributed by atoms with E-state index in [4.69, 9.17) is 16.3 Å². The van der Waals surface area contributed by atoms with E-state index >= 15 is 0 Å². The molecular formula is C24H21ClFN3O4. The van der Waals surface area contributed by atoms with Gasteiger partial charge in [-0.15, -0.1) is 0 Å². The number of halogens is 2. The third-order valence-electron chi connectivity index (χ3n) is 5.40. The van der Waals surface area contributed by atoms with Crippen molar-refractivity contribution >= 4 is 29.1 Å². The Bertz CT molecular complexity index is 1140. The van der Waals surface area contributed by atoms with Crippen LogP contribution in [0.2, 0.25) is 5.15 Å². The van der Waals surface area contributed by atoms with Gasteiger partial charge in [0.05, 0.1) is 12.6 Å². The van der Waals surface area contributed by atoms with E-state index in [0.29, 0.717) is 11.3 Å². The number of ether oxygens (including phenoxy) is 1. The Hall–Kier alpha value is -3.33. The summed E-state index contributed by atoms with van der Waals surface area (Å²) in [6, 6.07) is 15.3. The second-order valence-electron chi connectivity index (χ2n) is 7.57. The van der Waals surface area contributed by atoms with Gasteiger partial charge in [-0.25, -0.2) is 9.37 Å². The molecule has 1 aliphatic rings. The number of aliphatic hydroxyl groups is 1. The van der Waals surface area contributed by atoms with Crippen LogP contribution in [0.4, 0.5) is 10.1 Å². The number of morpholine rings is 1. The molecule has 0 bridgehead atoms. The number of nitrogens with zero attached hydrogens (tertiary/aromatic N) is 2. The summed E-state index contributed by atoms with van der Waals surface area (Å²) in [6.07, 6.45) is 0.895. The fourth-order valence-electron chi connectivity index (χ4n) is 3.71. The van der Waals surface area contributed by atoms with Gasteiger partial charge in [0.25, 0.3) is 5.91 Å². The van der Waals surface area contributed by atoms with Crippen LogP contribution < -0.4 is 5.32 Å². The molecule has 0 unspecified atom stereocenters. The highest BCUT2D eigenvalue weighted by Gasteiger charge is 2.37. The minimum atomic E-state index is -0.615. The summed E-state index contributed by atoms with van der Waals surface area (Å²) in [7, 11) is 0. The van der Waals surface area contributed by atoms with Gasteiger partial charge in [0, 0.05) is 24.0 Å². The van der Waals surface area contributed by atoms with E-state index in [-0.39, 0.29) is 42.5 Å². The lowest BCUT2D eigenvalue weighted by Gasteiger charge is -2.40. The molecule has 4 rings (SSSR count). The zero-order valence-corrected chi connectivity index (χ0v) is 18.2. The number of carbonyl (C=O) groups is 2. The Morgan fingerprint density at radius 3 is 2.58 bits per heavy atom. The van der Waals surface area contributed by atoms with Crippen molar-refractivity contribution in [2.45, 2.75) is 18.7 Å². The molecule has 2 aromatic carbocycles. The van der Waals surface area contributed by atoms with Crippen LogP contribution in [0.3, 0.4) is 0 Å². The highest BCUT2D eigenvalue weighted by atomic mass is 35.5. The van der Waals surface area contributed by atoms with Crippen molar-refractivity contribution < 1.29 is 23.8 Å². The lowest BCUT2D eigenvalue weighted by molar-refractivity contribution is -0.162. The van der Waals surface area contributed by atoms with Gasteiger partial charge in [-0.05, 0) is 47.5 Å². The van der Waals surface area contributed by atoms with Crippen LogP contribution in [-0.4, -0.2) is 46.1 Å². The second kappa shape index (κ2) is 10.1. The molecular weight excluding hydrogens is 449 g/mol. The van der Waals surface area contributed by atoms with Gasteiger partial charge < -0.3 is 20.1 Å². The van der Waals surface area contributed by atoms with Crippen LogP contribution >= 0.6 is 11.6 Å². The fourth-order valence-corrected chi connectivity index (χ4v) is 3.89. The quantitative estimate of drug-likeness (QED) is 0.538. The number of rotatable bonds is 6. The molecule has 0 radical (unpaired) electrons. The number of aliphatic hydroxyl groups excluding tert-OH is 1. The van der Waals surface area contributed by atoms with Crippen molar-refractivity contribution in [3.63, 3.8) is 0 Å². The standard InChI is InChI=1S/C24H21ClFN3O4/c25-21-11-17(9-10-27-21)24(32)28-19-7-3-16(4-8-19)23-20(13-30)29(22(31)14-33-23)12-15-1-5-18(26)6-2-15/h1-11,20,23,30H,12-14H2,(H,28,32)/t20-,23-/m1/s1. The number of carbonyl (C=O) groups excluding carboxylic acids is 2. The van der Waals surface area contributed by atoms with E-state index < -0.39 is 12.1 Å². The molecule has 1 aliphatic heterocycles. The molecule has 0 spiro atoms. The number of amides is 2. The number of benzene rings is 2. The summed E-state index contributed by atoms with van der Waals surface area (Å²) in [5.41, 5.74) is 2.44. The lowest BCUT2D eigenvalue weighted by Crippen LogP contribution is -2.52. The zero-order valence-electron chi connectivity index (χ0n) is 17.4. The molecule has 33 heavy (non-hydrogen) atoms. The third-order valence-corrected chi connectivity index (χ3v) is 5.60. The SMILES string of the molecule is O=C(Nc1ccc([C@H]2OCC(=O)N(Cc3ccc(F)cc3)[C@@H]2CO)cc1)c1ccnc(Cl)c1. The molecule has 9 heteroatoms. The summed E-state index contributed by atoms with van der Waals surface area (Å²) < 4.78 is 19.0. The Morgan fingerprint density at radius 1 is 1.18 bits per heavy atom. The number of hydrogen-bond acceptors (Lipinski definition) is 5. The van der Waals surface area contributed by atoms with Gasteiger partial charge in [0.1, 0.15) is 23.7 Å². The minimum absolute atomic E-state index is 0.135. The number of pyridine rings is 1. The molecule has 2 N–H and O–H groups in total. The molecule has 0 saturated carbocycles. The van der Waals surface area contributed by atoms with E-state index in [0.717, 1.165) is 11.1 Å². The molecule has 2 atom stereocenters. The van der Waals surface area contributed by atoms with Crippen molar-refractivity contribution in [1.82, 2.24) is 9.88 Å². The van der Waals surface area contributed by atoms with Crippen molar-refractivity contribution in [1.29, 1.82) is 0 Å². The fraction of sp³-hybridized carbons (Fsp3) is 0.208. The number of hydrogen-bond donors (Lipinski definition) is 2. The van der Waals surface area contributed by atoms with Crippen molar-refractivity contribution in [2.24, 2.45) is 0 Å². The Balaban J connectivity index is 1.48. The first-order valence-corrected chi connectivity index (χ1v) is 10.6. The van der Waals surface area contributed by atoms with Crippen LogP contribution in [0.15, 0.2) is 66.9 Å². The van der Waals surface area contributed by atoms with Gasteiger partial charge in [-0.3, -0.25) is 9.59 Å². The first-order chi connectivity index (χ1) is 15.9. The molecule has 0 aliphatic carbocycles. The molecule has 1 fully saturated rings. The molecule has 1 saturated heterocycles. The van der Waals surface area contributed by atoms with Gasteiger partial charge >= 0.3 is 0 Å². The van der Waals surface area contributed by atoms with Crippen LogP contribution in [-0.2, 0) is 16.1 Å². The average Bonchev–Trinajstić information content (AvgIpc) is 2.82. The van der Waals surface area contributed by atoms with Crippen LogP contribution in [0.5, 0.6) is 0 Å². The summed E-state index contributed by atoms with van der Waals surface area (Å²) in [5, 5.41) is 13.1. The normalized spacial score (nSPS) is 18.3. The maximum Gasteiger partial charge on any atom is 0.255 e. The summed E-state index contributed by atoms with van der Waals surface area (Å²) in [5.74, 6) is -0.942. The Morgan fingerprint density at radius 2 is 1.91 bits per heavy atom. The molecule has 7 nitrogen and oxygen atoms in total. The van der Waals surface area contributed by atoms with Crippen molar-refractivity contribution in [3.05, 3.63) is 94.5 Å². The van der Waals surface area contributed by atoms with Gasteiger partial charge in [-0.2, -0.15) is 0 Å².